The summed E-state index contributed by atoms with van der Waals surface area (Å²) in [6.07, 6.45) is 0.871. The quantitative estimate of drug-likeness (QED) is 0.213. The van der Waals surface area contributed by atoms with E-state index in [9.17, 15) is 0 Å². The Bertz CT molecular complexity index is 2550. The van der Waals surface area contributed by atoms with Crippen LogP contribution >= 0.6 is 0 Å². The third kappa shape index (κ3) is 3.79. The maximum atomic E-state index is 6.34. The first-order valence-corrected chi connectivity index (χ1v) is 15.2. The first-order valence-electron chi connectivity index (χ1n) is 15.2. The Labute approximate surface area is 254 Å². The smallest absolute Gasteiger partial charge is 0.143 e. The summed E-state index contributed by atoms with van der Waals surface area (Å²) in [7, 11) is 0. The van der Waals surface area contributed by atoms with Crippen LogP contribution in [0.1, 0.15) is 12.7 Å². The maximum absolute atomic E-state index is 6.34. The number of hydrogen-bond acceptors (Lipinski definition) is 2. The molecule has 0 atom stereocenters. The van der Waals surface area contributed by atoms with Crippen molar-refractivity contribution in [3.63, 3.8) is 0 Å². The summed E-state index contributed by atoms with van der Waals surface area (Å²) in [4.78, 5) is 4.89. The molecule has 208 valence electrons. The summed E-state index contributed by atoms with van der Waals surface area (Å²) in [6, 6.07) is 50.0. The average molecular weight is 565 g/mol. The first kappa shape index (κ1) is 24.9. The molecule has 0 spiro atoms. The van der Waals surface area contributed by atoms with E-state index in [4.69, 9.17) is 9.40 Å². The highest BCUT2D eigenvalue weighted by Gasteiger charge is 2.15. The van der Waals surface area contributed by atoms with E-state index >= 15 is 0 Å². The van der Waals surface area contributed by atoms with E-state index in [-0.39, 0.29) is 0 Å². The normalized spacial score (nSPS) is 11.8. The van der Waals surface area contributed by atoms with Gasteiger partial charge in [0.2, 0.25) is 0 Å². The monoisotopic (exact) mass is 564 g/mol. The molecule has 7 aromatic carbocycles. The summed E-state index contributed by atoms with van der Waals surface area (Å²) >= 11 is 0. The lowest BCUT2D eigenvalue weighted by Gasteiger charge is -2.12. The molecule has 3 nitrogen and oxygen atoms in total. The number of para-hydroxylation sites is 3. The standard InChI is InChI=1S/C41H28N2O/c1-2-40-42-37-15-6-7-16-38(37)43(40)31-11-9-10-26(24-31)27-18-19-29-23-30(21-20-28(29)22-27)35-25-36-33-13-5-8-17-39(33)44-41(36)34-14-4-3-12-32(34)35/h3-25H,2H2,1H3. The molecular weight excluding hydrogens is 536 g/mol. The number of imidazole rings is 1. The Kier molecular flexibility index (Phi) is 5.48. The second-order valence-corrected chi connectivity index (χ2v) is 11.5. The van der Waals surface area contributed by atoms with Crippen LogP contribution in [0.5, 0.6) is 0 Å². The lowest BCUT2D eigenvalue weighted by molar-refractivity contribution is 0.672. The molecule has 0 aliphatic rings. The van der Waals surface area contributed by atoms with Gasteiger partial charge in [-0.3, -0.25) is 4.57 Å². The molecule has 2 heterocycles. The number of aryl methyl sites for hydroxylation is 1. The van der Waals surface area contributed by atoms with Gasteiger partial charge in [-0.2, -0.15) is 0 Å². The fourth-order valence-electron chi connectivity index (χ4n) is 6.80. The number of hydrogen-bond donors (Lipinski definition) is 0. The Hall–Kier alpha value is -5.67. The number of nitrogens with zero attached hydrogens (tertiary/aromatic N) is 2. The van der Waals surface area contributed by atoms with Gasteiger partial charge in [0.05, 0.1) is 11.0 Å². The number of fused-ring (bicyclic) bond motifs is 7. The molecule has 9 aromatic rings. The van der Waals surface area contributed by atoms with Gasteiger partial charge < -0.3 is 4.42 Å². The molecule has 9 rings (SSSR count). The highest BCUT2D eigenvalue weighted by atomic mass is 16.3. The molecule has 0 fully saturated rings. The topological polar surface area (TPSA) is 31.0 Å². The van der Waals surface area contributed by atoms with E-state index in [1.54, 1.807) is 0 Å². The van der Waals surface area contributed by atoms with Crippen molar-refractivity contribution in [1.82, 2.24) is 9.55 Å². The molecule has 3 heteroatoms. The molecule has 0 radical (unpaired) electrons. The van der Waals surface area contributed by atoms with Gasteiger partial charge in [-0.25, -0.2) is 4.98 Å². The van der Waals surface area contributed by atoms with Crippen molar-refractivity contribution < 1.29 is 4.42 Å². The van der Waals surface area contributed by atoms with Crippen LogP contribution in [0, 0.1) is 0 Å². The van der Waals surface area contributed by atoms with Crippen molar-refractivity contribution in [2.75, 3.05) is 0 Å². The Balaban J connectivity index is 1.15. The Morgan fingerprint density at radius 1 is 0.568 bits per heavy atom. The summed E-state index contributed by atoms with van der Waals surface area (Å²) in [5.74, 6) is 1.07. The number of furan rings is 1. The van der Waals surface area contributed by atoms with Crippen molar-refractivity contribution in [2.24, 2.45) is 0 Å². The van der Waals surface area contributed by atoms with Gasteiger partial charge in [-0.15, -0.1) is 0 Å². The highest BCUT2D eigenvalue weighted by Crippen LogP contribution is 2.40. The van der Waals surface area contributed by atoms with E-state index in [0.29, 0.717) is 0 Å². The molecule has 0 saturated heterocycles. The van der Waals surface area contributed by atoms with E-state index in [0.717, 1.165) is 56.3 Å². The van der Waals surface area contributed by atoms with Crippen molar-refractivity contribution in [1.29, 1.82) is 0 Å². The van der Waals surface area contributed by atoms with Gasteiger partial charge in [-0.1, -0.05) is 97.9 Å². The van der Waals surface area contributed by atoms with Crippen LogP contribution in [0.25, 0.3) is 82.5 Å². The lowest BCUT2D eigenvalue weighted by Crippen LogP contribution is -2.00. The van der Waals surface area contributed by atoms with Crippen molar-refractivity contribution in [3.8, 4) is 27.9 Å². The van der Waals surface area contributed by atoms with Crippen molar-refractivity contribution in [2.45, 2.75) is 13.3 Å². The van der Waals surface area contributed by atoms with Crippen LogP contribution in [0.2, 0.25) is 0 Å². The minimum Gasteiger partial charge on any atom is -0.455 e. The van der Waals surface area contributed by atoms with Gasteiger partial charge in [-0.05, 0) is 86.9 Å². The molecule has 0 saturated carbocycles. The zero-order chi connectivity index (χ0) is 29.2. The van der Waals surface area contributed by atoms with Crippen LogP contribution in [0.4, 0.5) is 0 Å². The minimum absolute atomic E-state index is 0.871. The minimum atomic E-state index is 0.871. The van der Waals surface area contributed by atoms with Crippen LogP contribution in [0.15, 0.2) is 144 Å². The van der Waals surface area contributed by atoms with Crippen molar-refractivity contribution in [3.05, 3.63) is 145 Å². The predicted octanol–water partition coefficient (Wildman–Crippen LogP) is 11.1. The first-order chi connectivity index (χ1) is 21.7. The van der Waals surface area contributed by atoms with Gasteiger partial charge in [0.1, 0.15) is 17.0 Å². The maximum Gasteiger partial charge on any atom is 0.143 e. The second-order valence-electron chi connectivity index (χ2n) is 11.5. The van der Waals surface area contributed by atoms with Gasteiger partial charge >= 0.3 is 0 Å². The van der Waals surface area contributed by atoms with E-state index in [1.807, 2.05) is 12.1 Å². The van der Waals surface area contributed by atoms with Gasteiger partial charge in [0.25, 0.3) is 0 Å². The number of benzene rings is 7. The largest absolute Gasteiger partial charge is 0.455 e. The average Bonchev–Trinajstić information content (AvgIpc) is 3.66. The molecular formula is C41H28N2O. The highest BCUT2D eigenvalue weighted by molar-refractivity contribution is 6.19. The molecule has 2 aromatic heterocycles. The zero-order valence-corrected chi connectivity index (χ0v) is 24.3. The second kappa shape index (κ2) is 9.68. The van der Waals surface area contributed by atoms with E-state index < -0.39 is 0 Å². The Morgan fingerprint density at radius 2 is 1.27 bits per heavy atom. The molecule has 0 aliphatic carbocycles. The summed E-state index contributed by atoms with van der Waals surface area (Å²) < 4.78 is 8.63. The van der Waals surface area contributed by atoms with Crippen molar-refractivity contribution >= 4 is 54.5 Å². The van der Waals surface area contributed by atoms with Crippen LogP contribution in [-0.4, -0.2) is 9.55 Å². The third-order valence-corrected chi connectivity index (χ3v) is 8.92. The summed E-state index contributed by atoms with van der Waals surface area (Å²) in [5.41, 5.74) is 10.00. The number of rotatable bonds is 4. The molecule has 0 N–H and O–H groups in total. The molecule has 0 amide bonds. The molecule has 0 aliphatic heterocycles. The Morgan fingerprint density at radius 3 is 2.14 bits per heavy atom. The third-order valence-electron chi connectivity index (χ3n) is 8.92. The fraction of sp³-hybridized carbons (Fsp3) is 0.0488. The van der Waals surface area contributed by atoms with E-state index in [2.05, 4.69) is 139 Å². The summed E-state index contributed by atoms with van der Waals surface area (Å²) in [6.45, 7) is 2.16. The van der Waals surface area contributed by atoms with Crippen LogP contribution < -0.4 is 0 Å². The number of aromatic nitrogens is 2. The zero-order valence-electron chi connectivity index (χ0n) is 24.3. The SMILES string of the molecule is CCc1nc2ccccc2n1-c1cccc(-c2ccc3cc(-c4cc5c6ccccc6oc5c5ccccc45)ccc3c2)c1. The fourth-order valence-corrected chi connectivity index (χ4v) is 6.80. The summed E-state index contributed by atoms with van der Waals surface area (Å²) in [5, 5.41) is 7.09. The molecule has 0 unspecified atom stereocenters. The van der Waals surface area contributed by atoms with Crippen LogP contribution in [0.3, 0.4) is 0 Å². The van der Waals surface area contributed by atoms with Gasteiger partial charge in [0, 0.05) is 28.3 Å². The molecule has 44 heavy (non-hydrogen) atoms. The lowest BCUT2D eigenvalue weighted by atomic mass is 9.93. The molecule has 0 bridgehead atoms. The van der Waals surface area contributed by atoms with Crippen LogP contribution in [-0.2, 0) is 6.42 Å². The van der Waals surface area contributed by atoms with E-state index in [1.165, 1.54) is 38.4 Å². The van der Waals surface area contributed by atoms with Gasteiger partial charge in [0.15, 0.2) is 0 Å². The predicted molar refractivity (Wildman–Crippen MR) is 184 cm³/mol.